The first-order chi connectivity index (χ1) is 14.1. The van der Waals surface area contributed by atoms with Gasteiger partial charge in [-0.25, -0.2) is 8.42 Å². The number of hydrogen-bond acceptors (Lipinski definition) is 4. The predicted molar refractivity (Wildman–Crippen MR) is 116 cm³/mol. The van der Waals surface area contributed by atoms with Gasteiger partial charge in [-0.3, -0.25) is 8.99 Å². The molecule has 0 N–H and O–H groups in total. The van der Waals surface area contributed by atoms with Crippen LogP contribution < -0.4 is 4.31 Å². The third kappa shape index (κ3) is 3.26. The summed E-state index contributed by atoms with van der Waals surface area (Å²) in [4.78, 5) is 1.11. The molecule has 0 unspecified atom stereocenters. The zero-order valence-electron chi connectivity index (χ0n) is 15.6. The number of anilines is 1. The molecule has 2 aromatic heterocycles. The average molecular weight is 422 g/mol. The van der Waals surface area contributed by atoms with Crippen molar-refractivity contribution in [1.82, 2.24) is 9.78 Å². The van der Waals surface area contributed by atoms with Crippen LogP contribution in [0, 0.1) is 0 Å². The van der Waals surface area contributed by atoms with Crippen LogP contribution in [0.15, 0.2) is 83.2 Å². The molecule has 5 rings (SSSR count). The molecule has 0 saturated heterocycles. The Kier molecular flexibility index (Phi) is 4.49. The van der Waals surface area contributed by atoms with Crippen LogP contribution in [0.3, 0.4) is 0 Å². The Balaban J connectivity index is 1.60. The molecule has 0 bridgehead atoms. The van der Waals surface area contributed by atoms with Gasteiger partial charge in [0.05, 0.1) is 17.1 Å². The Bertz CT molecular complexity index is 1250. The van der Waals surface area contributed by atoms with Crippen LogP contribution in [0.25, 0.3) is 10.6 Å². The van der Waals surface area contributed by atoms with Crippen LogP contribution in [0.1, 0.15) is 11.1 Å². The van der Waals surface area contributed by atoms with E-state index in [0.29, 0.717) is 18.8 Å². The van der Waals surface area contributed by atoms with Gasteiger partial charge in [0.1, 0.15) is 10.6 Å². The van der Waals surface area contributed by atoms with Crippen molar-refractivity contribution in [1.29, 1.82) is 0 Å². The van der Waals surface area contributed by atoms with Gasteiger partial charge >= 0.3 is 0 Å². The van der Waals surface area contributed by atoms with Crippen molar-refractivity contribution < 1.29 is 8.42 Å². The zero-order chi connectivity index (χ0) is 19.8. The summed E-state index contributed by atoms with van der Waals surface area (Å²) in [6, 6.07) is 21.4. The van der Waals surface area contributed by atoms with E-state index in [1.54, 1.807) is 10.9 Å². The molecule has 3 heterocycles. The fourth-order valence-electron chi connectivity index (χ4n) is 3.70. The van der Waals surface area contributed by atoms with E-state index in [4.69, 9.17) is 0 Å². The van der Waals surface area contributed by atoms with Crippen molar-refractivity contribution in [2.75, 3.05) is 10.8 Å². The Morgan fingerprint density at radius 1 is 0.966 bits per heavy atom. The number of thiophene rings is 1. The number of benzene rings is 2. The smallest absolute Gasteiger partial charge is 0.266 e. The number of rotatable bonds is 5. The van der Waals surface area contributed by atoms with E-state index in [-0.39, 0.29) is 4.90 Å². The minimum atomic E-state index is -3.72. The van der Waals surface area contributed by atoms with Crippen molar-refractivity contribution in [3.63, 3.8) is 0 Å². The maximum absolute atomic E-state index is 13.7. The maximum atomic E-state index is 13.7. The molecule has 29 heavy (non-hydrogen) atoms. The highest BCUT2D eigenvalue weighted by molar-refractivity contribution is 7.93. The topological polar surface area (TPSA) is 55.2 Å². The van der Waals surface area contributed by atoms with Crippen LogP contribution >= 0.6 is 11.3 Å². The molecular formula is C22H19N3O2S2. The molecule has 1 aliphatic heterocycles. The fourth-order valence-corrected chi connectivity index (χ4v) is 6.15. The lowest BCUT2D eigenvalue weighted by Gasteiger charge is -2.19. The number of sulfonamides is 1. The maximum Gasteiger partial charge on any atom is 0.268 e. The summed E-state index contributed by atoms with van der Waals surface area (Å²) in [6.07, 6.45) is 2.39. The summed E-state index contributed by atoms with van der Waals surface area (Å²) < 4.78 is 30.6. The van der Waals surface area contributed by atoms with E-state index in [1.165, 1.54) is 15.6 Å². The first-order valence-electron chi connectivity index (χ1n) is 9.39. The molecule has 146 valence electrons. The Morgan fingerprint density at radius 2 is 1.76 bits per heavy atom. The molecule has 0 amide bonds. The Labute approximate surface area is 173 Å². The molecule has 0 radical (unpaired) electrons. The number of aromatic nitrogens is 2. The average Bonchev–Trinajstić information content (AvgIpc) is 3.48. The van der Waals surface area contributed by atoms with Crippen molar-refractivity contribution in [2.24, 2.45) is 0 Å². The first-order valence-corrected chi connectivity index (χ1v) is 11.7. The fraction of sp³-hybridized carbons (Fsp3) is 0.136. The van der Waals surface area contributed by atoms with E-state index < -0.39 is 10.0 Å². The van der Waals surface area contributed by atoms with Crippen molar-refractivity contribution >= 4 is 27.0 Å². The van der Waals surface area contributed by atoms with Gasteiger partial charge in [0.25, 0.3) is 10.0 Å². The molecule has 7 heteroatoms. The lowest BCUT2D eigenvalue weighted by Crippen LogP contribution is -2.29. The summed E-state index contributed by atoms with van der Waals surface area (Å²) in [7, 11) is -3.72. The second-order valence-corrected chi connectivity index (χ2v) is 9.74. The molecule has 1 aliphatic rings. The largest absolute Gasteiger partial charge is 0.268 e. The minimum absolute atomic E-state index is 0.257. The molecule has 0 aliphatic carbocycles. The van der Waals surface area contributed by atoms with Gasteiger partial charge in [-0.1, -0.05) is 54.6 Å². The quantitative estimate of drug-likeness (QED) is 0.480. The third-order valence-electron chi connectivity index (χ3n) is 5.08. The molecule has 5 nitrogen and oxygen atoms in total. The van der Waals surface area contributed by atoms with Gasteiger partial charge < -0.3 is 0 Å². The summed E-state index contributed by atoms with van der Waals surface area (Å²) in [6.45, 7) is 0.973. The highest BCUT2D eigenvalue weighted by atomic mass is 32.2. The van der Waals surface area contributed by atoms with Crippen molar-refractivity contribution in [3.05, 3.63) is 89.4 Å². The van der Waals surface area contributed by atoms with Crippen molar-refractivity contribution in [3.8, 4) is 10.6 Å². The highest BCUT2D eigenvalue weighted by Gasteiger charge is 2.34. The van der Waals surface area contributed by atoms with Gasteiger partial charge in [0.2, 0.25) is 0 Å². The Morgan fingerprint density at radius 3 is 2.55 bits per heavy atom. The van der Waals surface area contributed by atoms with Crippen LogP contribution in [-0.4, -0.2) is 24.7 Å². The SMILES string of the molecule is O=S(=O)(c1cn(Cc2ccccc2)nc1-c1cccs1)N1CCc2ccccc21. The minimum Gasteiger partial charge on any atom is -0.266 e. The van der Waals surface area contributed by atoms with Gasteiger partial charge in [-0.05, 0) is 35.1 Å². The highest BCUT2D eigenvalue weighted by Crippen LogP contribution is 2.37. The Hall–Kier alpha value is -2.90. The molecule has 0 atom stereocenters. The number of hydrogen-bond donors (Lipinski definition) is 0. The molecule has 4 aromatic rings. The summed E-state index contributed by atoms with van der Waals surface area (Å²) >= 11 is 1.50. The number of fused-ring (bicyclic) bond motifs is 1. The van der Waals surface area contributed by atoms with Crippen LogP contribution in [0.5, 0.6) is 0 Å². The monoisotopic (exact) mass is 421 g/mol. The lowest BCUT2D eigenvalue weighted by molar-refractivity contribution is 0.592. The van der Waals surface area contributed by atoms with Gasteiger partial charge in [-0.2, -0.15) is 5.10 Å². The molecule has 0 fully saturated rings. The van der Waals surface area contributed by atoms with Gasteiger partial charge in [-0.15, -0.1) is 11.3 Å². The normalized spacial score (nSPS) is 13.6. The van der Waals surface area contributed by atoms with Gasteiger partial charge in [0, 0.05) is 12.7 Å². The van der Waals surface area contributed by atoms with E-state index >= 15 is 0 Å². The second kappa shape index (κ2) is 7.17. The third-order valence-corrected chi connectivity index (χ3v) is 7.77. The van der Waals surface area contributed by atoms with E-state index in [9.17, 15) is 8.42 Å². The number of para-hydroxylation sites is 1. The van der Waals surface area contributed by atoms with Crippen LogP contribution in [0.4, 0.5) is 5.69 Å². The summed E-state index contributed by atoms with van der Waals surface area (Å²) in [5.41, 5.74) is 3.41. The van der Waals surface area contributed by atoms with Crippen LogP contribution in [-0.2, 0) is 23.0 Å². The van der Waals surface area contributed by atoms with Crippen LogP contribution in [0.2, 0.25) is 0 Å². The van der Waals surface area contributed by atoms with Crippen molar-refractivity contribution in [2.45, 2.75) is 17.9 Å². The van der Waals surface area contributed by atoms with E-state index in [1.807, 2.05) is 72.1 Å². The van der Waals surface area contributed by atoms with Gasteiger partial charge in [0.15, 0.2) is 0 Å². The second-order valence-electron chi connectivity index (χ2n) is 6.96. The summed E-state index contributed by atoms with van der Waals surface area (Å²) in [5, 5.41) is 6.60. The lowest BCUT2D eigenvalue weighted by atomic mass is 10.2. The molecule has 0 spiro atoms. The van der Waals surface area contributed by atoms with E-state index in [0.717, 1.165) is 28.1 Å². The molecule has 2 aromatic carbocycles. The predicted octanol–water partition coefficient (Wildman–Crippen LogP) is 4.41. The molecular weight excluding hydrogens is 402 g/mol. The zero-order valence-corrected chi connectivity index (χ0v) is 17.2. The standard InChI is InChI=1S/C22H19N3O2S2/c26-29(27,25-13-12-18-9-4-5-10-19(18)25)21-16-24(15-17-7-2-1-3-8-17)23-22(21)20-11-6-14-28-20/h1-11,14,16H,12-13,15H2. The van der Waals surface area contributed by atoms with E-state index in [2.05, 4.69) is 5.10 Å². The summed E-state index contributed by atoms with van der Waals surface area (Å²) in [5.74, 6) is 0. The number of nitrogens with zero attached hydrogens (tertiary/aromatic N) is 3. The first kappa shape index (κ1) is 18.1. The molecule has 0 saturated carbocycles.